The number of nitrogens with two attached hydrogens (primary N) is 1. The lowest BCUT2D eigenvalue weighted by Gasteiger charge is -2.05. The number of furan rings is 1. The fourth-order valence-electron chi connectivity index (χ4n) is 1.06. The van der Waals surface area contributed by atoms with Crippen molar-refractivity contribution >= 4 is 17.9 Å². The molecule has 1 heterocycles. The Labute approximate surface area is 98.1 Å². The zero-order valence-corrected chi connectivity index (χ0v) is 9.34. The number of aliphatic hydroxyl groups is 1. The Bertz CT molecular complexity index is 436. The molecule has 2 amide bonds. The summed E-state index contributed by atoms with van der Waals surface area (Å²) in [5, 5.41) is 11.4. The number of hydrogen-bond acceptors (Lipinski definition) is 4. The van der Waals surface area contributed by atoms with E-state index in [1.807, 2.05) is 0 Å². The number of carbonyl (C=O) groups is 2. The molecule has 0 aliphatic carbocycles. The minimum Gasteiger partial charge on any atom is -0.462 e. The summed E-state index contributed by atoms with van der Waals surface area (Å²) < 4.78 is 5.21. The molecule has 1 aromatic heterocycles. The van der Waals surface area contributed by atoms with Crippen molar-refractivity contribution in [1.82, 2.24) is 5.32 Å². The number of hydrogen-bond donors (Lipinski definition) is 3. The van der Waals surface area contributed by atoms with Gasteiger partial charge in [-0.3, -0.25) is 9.59 Å². The van der Waals surface area contributed by atoms with Gasteiger partial charge in [0, 0.05) is 6.08 Å². The molecule has 0 fully saturated rings. The van der Waals surface area contributed by atoms with Gasteiger partial charge in [0.1, 0.15) is 17.6 Å². The Kier molecular flexibility index (Phi) is 4.47. The lowest BCUT2D eigenvalue weighted by Crippen LogP contribution is -2.39. The first-order valence-corrected chi connectivity index (χ1v) is 4.99. The Morgan fingerprint density at radius 1 is 1.59 bits per heavy atom. The van der Waals surface area contributed by atoms with Crippen molar-refractivity contribution in [2.75, 3.05) is 6.54 Å². The second-order valence-corrected chi connectivity index (χ2v) is 3.45. The molecule has 17 heavy (non-hydrogen) atoms. The van der Waals surface area contributed by atoms with E-state index in [1.165, 1.54) is 12.2 Å². The van der Waals surface area contributed by atoms with E-state index in [1.54, 1.807) is 19.1 Å². The average Bonchev–Trinajstić information content (AvgIpc) is 2.69. The second kappa shape index (κ2) is 5.86. The molecule has 0 spiro atoms. The third-order valence-corrected chi connectivity index (χ3v) is 1.96. The highest BCUT2D eigenvalue weighted by Gasteiger charge is 2.10. The summed E-state index contributed by atoms with van der Waals surface area (Å²) in [5.74, 6) is -0.0300. The molecule has 0 saturated carbocycles. The van der Waals surface area contributed by atoms with Crippen LogP contribution in [0.5, 0.6) is 0 Å². The van der Waals surface area contributed by atoms with Crippen molar-refractivity contribution in [1.29, 1.82) is 0 Å². The van der Waals surface area contributed by atoms with Crippen molar-refractivity contribution in [2.24, 2.45) is 5.73 Å². The molecule has 4 N–H and O–H groups in total. The molecule has 6 nitrogen and oxygen atoms in total. The van der Waals surface area contributed by atoms with Gasteiger partial charge >= 0.3 is 0 Å². The molecule has 6 heteroatoms. The van der Waals surface area contributed by atoms with Gasteiger partial charge in [0.15, 0.2) is 0 Å². The maximum Gasteiger partial charge on any atom is 0.248 e. The molecular weight excluding hydrogens is 224 g/mol. The number of amides is 2. The van der Waals surface area contributed by atoms with E-state index in [-0.39, 0.29) is 6.54 Å². The lowest BCUT2D eigenvalue weighted by atomic mass is 10.3. The first-order chi connectivity index (χ1) is 7.99. The number of aliphatic hydroxyl groups excluding tert-OH is 1. The van der Waals surface area contributed by atoms with Crippen LogP contribution >= 0.6 is 0 Å². The second-order valence-electron chi connectivity index (χ2n) is 3.45. The minimum atomic E-state index is -1.38. The van der Waals surface area contributed by atoms with Gasteiger partial charge in [-0.25, -0.2) is 0 Å². The van der Waals surface area contributed by atoms with Crippen molar-refractivity contribution in [2.45, 2.75) is 13.0 Å². The number of aryl methyl sites for hydroxylation is 1. The topological polar surface area (TPSA) is 106 Å². The van der Waals surface area contributed by atoms with Crippen LogP contribution in [0.3, 0.4) is 0 Å². The number of carbonyl (C=O) groups excluding carboxylic acids is 2. The number of rotatable bonds is 5. The standard InChI is InChI=1S/C11H14N2O4/c1-7-2-3-8(17-7)4-5-10(15)13-6-9(14)11(12)16/h2-5,9,14H,6H2,1H3,(H2,12,16)(H,13,15)/b5-4+. The molecule has 1 aromatic rings. The summed E-state index contributed by atoms with van der Waals surface area (Å²) in [5.41, 5.74) is 4.82. The summed E-state index contributed by atoms with van der Waals surface area (Å²) in [4.78, 5) is 21.7. The van der Waals surface area contributed by atoms with Crippen molar-refractivity contribution < 1.29 is 19.1 Å². The van der Waals surface area contributed by atoms with E-state index in [4.69, 9.17) is 15.3 Å². The quantitative estimate of drug-likeness (QED) is 0.605. The number of primary amides is 1. The third-order valence-electron chi connectivity index (χ3n) is 1.96. The molecular formula is C11H14N2O4. The van der Waals surface area contributed by atoms with E-state index >= 15 is 0 Å². The Balaban J connectivity index is 2.39. The molecule has 1 unspecified atom stereocenters. The van der Waals surface area contributed by atoms with E-state index in [9.17, 15) is 9.59 Å². The minimum absolute atomic E-state index is 0.213. The van der Waals surface area contributed by atoms with Gasteiger partial charge in [0.25, 0.3) is 0 Å². The van der Waals surface area contributed by atoms with Crippen LogP contribution < -0.4 is 11.1 Å². The lowest BCUT2D eigenvalue weighted by molar-refractivity contribution is -0.126. The smallest absolute Gasteiger partial charge is 0.248 e. The highest BCUT2D eigenvalue weighted by Crippen LogP contribution is 2.07. The van der Waals surface area contributed by atoms with Gasteiger partial charge in [0.2, 0.25) is 11.8 Å². The monoisotopic (exact) mass is 238 g/mol. The fourth-order valence-corrected chi connectivity index (χ4v) is 1.06. The van der Waals surface area contributed by atoms with Crippen molar-refractivity contribution in [3.05, 3.63) is 29.7 Å². The molecule has 0 aromatic carbocycles. The van der Waals surface area contributed by atoms with Crippen LogP contribution in [0.4, 0.5) is 0 Å². The van der Waals surface area contributed by atoms with Gasteiger partial charge in [-0.1, -0.05) is 0 Å². The first kappa shape index (κ1) is 13.0. The SMILES string of the molecule is Cc1ccc(/C=C/C(=O)NCC(O)C(N)=O)o1. The molecule has 0 aliphatic rings. The van der Waals surface area contributed by atoms with Crippen LogP contribution in [0.2, 0.25) is 0 Å². The van der Waals surface area contributed by atoms with Crippen LogP contribution in [0.25, 0.3) is 6.08 Å². The van der Waals surface area contributed by atoms with Crippen LogP contribution in [0.15, 0.2) is 22.6 Å². The van der Waals surface area contributed by atoms with E-state index in [0.717, 1.165) is 5.76 Å². The van der Waals surface area contributed by atoms with Crippen LogP contribution in [-0.4, -0.2) is 29.6 Å². The van der Waals surface area contributed by atoms with Crippen molar-refractivity contribution in [3.63, 3.8) is 0 Å². The Hall–Kier alpha value is -2.08. The van der Waals surface area contributed by atoms with Crippen molar-refractivity contribution in [3.8, 4) is 0 Å². The average molecular weight is 238 g/mol. The van der Waals surface area contributed by atoms with Gasteiger partial charge in [-0.15, -0.1) is 0 Å². The van der Waals surface area contributed by atoms with Crippen LogP contribution in [0.1, 0.15) is 11.5 Å². The zero-order chi connectivity index (χ0) is 12.8. The normalized spacial score (nSPS) is 12.6. The molecule has 0 saturated heterocycles. The van der Waals surface area contributed by atoms with Gasteiger partial charge in [-0.2, -0.15) is 0 Å². The third kappa shape index (κ3) is 4.52. The van der Waals surface area contributed by atoms with Gasteiger partial charge in [-0.05, 0) is 25.1 Å². The summed E-state index contributed by atoms with van der Waals surface area (Å²) in [6.45, 7) is 1.58. The largest absolute Gasteiger partial charge is 0.462 e. The molecule has 92 valence electrons. The highest BCUT2D eigenvalue weighted by atomic mass is 16.3. The number of nitrogens with one attached hydrogen (secondary N) is 1. The van der Waals surface area contributed by atoms with Crippen LogP contribution in [-0.2, 0) is 9.59 Å². The highest BCUT2D eigenvalue weighted by molar-refractivity contribution is 5.91. The van der Waals surface area contributed by atoms with Gasteiger partial charge in [0.05, 0.1) is 6.54 Å². The van der Waals surface area contributed by atoms with Crippen LogP contribution in [0, 0.1) is 6.92 Å². The van der Waals surface area contributed by atoms with Gasteiger partial charge < -0.3 is 20.6 Å². The molecule has 0 bridgehead atoms. The fraction of sp³-hybridized carbons (Fsp3) is 0.273. The molecule has 0 radical (unpaired) electrons. The summed E-state index contributed by atoms with van der Waals surface area (Å²) >= 11 is 0. The maximum atomic E-state index is 11.2. The summed E-state index contributed by atoms with van der Waals surface area (Å²) in [6, 6.07) is 3.49. The zero-order valence-electron chi connectivity index (χ0n) is 9.34. The predicted octanol–water partition coefficient (Wildman–Crippen LogP) is -0.436. The first-order valence-electron chi connectivity index (χ1n) is 4.99. The molecule has 1 atom stereocenters. The van der Waals surface area contributed by atoms with E-state index in [2.05, 4.69) is 5.32 Å². The summed E-state index contributed by atoms with van der Waals surface area (Å²) in [7, 11) is 0. The Morgan fingerprint density at radius 2 is 2.29 bits per heavy atom. The van der Waals surface area contributed by atoms with E-state index in [0.29, 0.717) is 5.76 Å². The maximum absolute atomic E-state index is 11.2. The Morgan fingerprint density at radius 3 is 2.82 bits per heavy atom. The van der Waals surface area contributed by atoms with E-state index < -0.39 is 17.9 Å². The molecule has 1 rings (SSSR count). The molecule has 0 aliphatic heterocycles. The summed E-state index contributed by atoms with van der Waals surface area (Å²) in [6.07, 6.45) is 1.35. The predicted molar refractivity (Wildman–Crippen MR) is 60.7 cm³/mol.